The van der Waals surface area contributed by atoms with E-state index in [1.165, 1.54) is 11.1 Å². The number of hydrogen-bond acceptors (Lipinski definition) is 5. The van der Waals surface area contributed by atoms with Crippen LogP contribution in [0, 0.1) is 0 Å². The number of nitrogens with zero attached hydrogens (tertiary/aromatic N) is 3. The van der Waals surface area contributed by atoms with Crippen LogP contribution in [0.1, 0.15) is 43.3 Å². The van der Waals surface area contributed by atoms with Crippen molar-refractivity contribution in [3.63, 3.8) is 0 Å². The SMILES string of the molecule is CCNC(C)c1nnc(N2CCCc3ccccc3C2)o1. The van der Waals surface area contributed by atoms with Crippen LogP contribution < -0.4 is 10.2 Å². The Morgan fingerprint density at radius 1 is 1.29 bits per heavy atom. The minimum Gasteiger partial charge on any atom is -0.406 e. The van der Waals surface area contributed by atoms with Crippen molar-refractivity contribution in [2.75, 3.05) is 18.0 Å². The molecule has 0 bridgehead atoms. The van der Waals surface area contributed by atoms with Gasteiger partial charge in [-0.2, -0.15) is 0 Å². The van der Waals surface area contributed by atoms with Crippen LogP contribution in [0.3, 0.4) is 0 Å². The fraction of sp³-hybridized carbons (Fsp3) is 0.500. The van der Waals surface area contributed by atoms with Gasteiger partial charge in [0.1, 0.15) is 0 Å². The van der Waals surface area contributed by atoms with E-state index in [1.54, 1.807) is 0 Å². The maximum atomic E-state index is 5.85. The van der Waals surface area contributed by atoms with Gasteiger partial charge >= 0.3 is 6.01 Å². The highest BCUT2D eigenvalue weighted by atomic mass is 16.4. The van der Waals surface area contributed by atoms with Gasteiger partial charge in [-0.1, -0.05) is 36.3 Å². The van der Waals surface area contributed by atoms with Gasteiger partial charge in [0.25, 0.3) is 0 Å². The molecule has 1 N–H and O–H groups in total. The fourth-order valence-corrected chi connectivity index (χ4v) is 2.79. The van der Waals surface area contributed by atoms with Gasteiger partial charge in [0.05, 0.1) is 6.04 Å². The Hall–Kier alpha value is -1.88. The number of aryl methyl sites for hydroxylation is 1. The summed E-state index contributed by atoms with van der Waals surface area (Å²) in [6.45, 7) is 6.79. The number of nitrogens with one attached hydrogen (secondary N) is 1. The molecule has 21 heavy (non-hydrogen) atoms. The predicted octanol–water partition coefficient (Wildman–Crippen LogP) is 2.69. The van der Waals surface area contributed by atoms with Crippen LogP contribution in [-0.4, -0.2) is 23.3 Å². The molecule has 1 unspecified atom stereocenters. The van der Waals surface area contributed by atoms with E-state index in [0.29, 0.717) is 11.9 Å². The number of rotatable bonds is 4. The summed E-state index contributed by atoms with van der Waals surface area (Å²) in [6, 6.07) is 9.32. The number of anilines is 1. The van der Waals surface area contributed by atoms with E-state index in [0.717, 1.165) is 32.5 Å². The van der Waals surface area contributed by atoms with Gasteiger partial charge in [-0.15, -0.1) is 5.10 Å². The molecule has 0 spiro atoms. The molecule has 0 saturated heterocycles. The molecular weight excluding hydrogens is 264 g/mol. The van der Waals surface area contributed by atoms with Crippen LogP contribution in [0.15, 0.2) is 28.7 Å². The summed E-state index contributed by atoms with van der Waals surface area (Å²) in [6.07, 6.45) is 2.22. The molecular formula is C16H22N4O. The lowest BCUT2D eigenvalue weighted by Crippen LogP contribution is -2.22. The van der Waals surface area contributed by atoms with Crippen LogP contribution >= 0.6 is 0 Å². The van der Waals surface area contributed by atoms with Crippen molar-refractivity contribution in [2.45, 2.75) is 39.3 Å². The van der Waals surface area contributed by atoms with Gasteiger partial charge in [-0.05, 0) is 37.4 Å². The van der Waals surface area contributed by atoms with Gasteiger partial charge < -0.3 is 14.6 Å². The molecule has 1 aliphatic heterocycles. The summed E-state index contributed by atoms with van der Waals surface area (Å²) in [7, 11) is 0. The third-order valence-corrected chi connectivity index (χ3v) is 3.93. The van der Waals surface area contributed by atoms with Gasteiger partial charge in [0.2, 0.25) is 5.89 Å². The average molecular weight is 286 g/mol. The van der Waals surface area contributed by atoms with E-state index in [4.69, 9.17) is 4.42 Å². The molecule has 1 aromatic carbocycles. The molecule has 0 radical (unpaired) electrons. The summed E-state index contributed by atoms with van der Waals surface area (Å²) in [5.41, 5.74) is 2.79. The smallest absolute Gasteiger partial charge is 0.318 e. The molecule has 2 aromatic rings. The molecule has 5 nitrogen and oxygen atoms in total. The van der Waals surface area contributed by atoms with Crippen LogP contribution in [0.4, 0.5) is 6.01 Å². The maximum Gasteiger partial charge on any atom is 0.318 e. The van der Waals surface area contributed by atoms with E-state index in [2.05, 4.69) is 51.6 Å². The molecule has 112 valence electrons. The summed E-state index contributed by atoms with van der Waals surface area (Å²) in [5, 5.41) is 11.7. The molecule has 0 amide bonds. The summed E-state index contributed by atoms with van der Waals surface area (Å²) in [5.74, 6) is 0.657. The zero-order valence-corrected chi connectivity index (χ0v) is 12.7. The summed E-state index contributed by atoms with van der Waals surface area (Å²) < 4.78 is 5.85. The monoisotopic (exact) mass is 286 g/mol. The first-order valence-corrected chi connectivity index (χ1v) is 7.66. The first-order valence-electron chi connectivity index (χ1n) is 7.66. The second kappa shape index (κ2) is 6.26. The van der Waals surface area contributed by atoms with Gasteiger partial charge in [0.15, 0.2) is 0 Å². The number of fused-ring (bicyclic) bond motifs is 1. The maximum absolute atomic E-state index is 5.85. The lowest BCUT2D eigenvalue weighted by Gasteiger charge is -2.17. The molecule has 1 aliphatic rings. The highest BCUT2D eigenvalue weighted by Crippen LogP contribution is 2.24. The molecule has 0 saturated carbocycles. The van der Waals surface area contributed by atoms with E-state index < -0.39 is 0 Å². The average Bonchev–Trinajstić information content (AvgIpc) is 2.88. The topological polar surface area (TPSA) is 54.2 Å². The quantitative estimate of drug-likeness (QED) is 0.936. The molecule has 3 rings (SSSR count). The number of aromatic nitrogens is 2. The zero-order valence-electron chi connectivity index (χ0n) is 12.7. The van der Waals surface area contributed by atoms with Gasteiger partial charge in [0, 0.05) is 13.1 Å². The van der Waals surface area contributed by atoms with E-state index >= 15 is 0 Å². The Kier molecular flexibility index (Phi) is 4.20. The summed E-state index contributed by atoms with van der Waals surface area (Å²) in [4.78, 5) is 2.18. The van der Waals surface area contributed by atoms with Crippen molar-refractivity contribution in [3.05, 3.63) is 41.3 Å². The van der Waals surface area contributed by atoms with Crippen LogP contribution in [0.5, 0.6) is 0 Å². The van der Waals surface area contributed by atoms with Gasteiger partial charge in [-0.3, -0.25) is 0 Å². The Bertz CT molecular complexity index is 595. The lowest BCUT2D eigenvalue weighted by molar-refractivity contribution is 0.418. The highest BCUT2D eigenvalue weighted by Gasteiger charge is 2.20. The Morgan fingerprint density at radius 2 is 2.10 bits per heavy atom. The zero-order chi connectivity index (χ0) is 14.7. The Labute approximate surface area is 125 Å². The summed E-state index contributed by atoms with van der Waals surface area (Å²) >= 11 is 0. The largest absolute Gasteiger partial charge is 0.406 e. The Balaban J connectivity index is 1.78. The molecule has 0 aliphatic carbocycles. The van der Waals surface area contributed by atoms with Crippen LogP contribution in [0.25, 0.3) is 0 Å². The van der Waals surface area contributed by atoms with Crippen molar-refractivity contribution in [1.29, 1.82) is 0 Å². The molecule has 5 heteroatoms. The van der Waals surface area contributed by atoms with Crippen molar-refractivity contribution in [3.8, 4) is 0 Å². The number of benzene rings is 1. The first-order chi connectivity index (χ1) is 10.3. The standard InChI is InChI=1S/C16H22N4O/c1-3-17-12(2)15-18-19-16(21-15)20-10-6-9-13-7-4-5-8-14(13)11-20/h4-5,7-8,12,17H,3,6,9-11H2,1-2H3. The Morgan fingerprint density at radius 3 is 2.90 bits per heavy atom. The van der Waals surface area contributed by atoms with E-state index in [-0.39, 0.29) is 6.04 Å². The van der Waals surface area contributed by atoms with E-state index in [1.807, 2.05) is 6.92 Å². The predicted molar refractivity (Wildman–Crippen MR) is 82.2 cm³/mol. The molecule has 1 aromatic heterocycles. The van der Waals surface area contributed by atoms with Crippen molar-refractivity contribution in [1.82, 2.24) is 15.5 Å². The third kappa shape index (κ3) is 3.08. The first kappa shape index (κ1) is 14.1. The fourth-order valence-electron chi connectivity index (χ4n) is 2.79. The molecule has 2 heterocycles. The molecule has 1 atom stereocenters. The van der Waals surface area contributed by atoms with Crippen molar-refractivity contribution < 1.29 is 4.42 Å². The second-order valence-corrected chi connectivity index (χ2v) is 5.50. The lowest BCUT2D eigenvalue weighted by atomic mass is 10.0. The third-order valence-electron chi connectivity index (χ3n) is 3.93. The highest BCUT2D eigenvalue weighted by molar-refractivity contribution is 5.35. The minimum absolute atomic E-state index is 0.0931. The van der Waals surface area contributed by atoms with Crippen LogP contribution in [0.2, 0.25) is 0 Å². The second-order valence-electron chi connectivity index (χ2n) is 5.50. The van der Waals surface area contributed by atoms with Crippen molar-refractivity contribution >= 4 is 6.01 Å². The van der Waals surface area contributed by atoms with Crippen LogP contribution in [-0.2, 0) is 13.0 Å². The van der Waals surface area contributed by atoms with Gasteiger partial charge in [-0.25, -0.2) is 0 Å². The van der Waals surface area contributed by atoms with Crippen molar-refractivity contribution in [2.24, 2.45) is 0 Å². The minimum atomic E-state index is 0.0931. The normalized spacial score (nSPS) is 16.4. The number of hydrogen-bond donors (Lipinski definition) is 1. The molecule has 0 fully saturated rings. The van der Waals surface area contributed by atoms with E-state index in [9.17, 15) is 0 Å².